The summed E-state index contributed by atoms with van der Waals surface area (Å²) < 4.78 is 5.51. The van der Waals surface area contributed by atoms with E-state index >= 15 is 0 Å². The van der Waals surface area contributed by atoms with Crippen molar-refractivity contribution in [2.24, 2.45) is 23.0 Å². The number of methoxy groups -OCH3 is 1. The minimum absolute atomic E-state index is 0.0935. The summed E-state index contributed by atoms with van der Waals surface area (Å²) in [5, 5.41) is 13.2. The Labute approximate surface area is 148 Å². The number of carbonyl (C=O) groups is 1. The van der Waals surface area contributed by atoms with Crippen LogP contribution in [-0.4, -0.2) is 24.4 Å². The van der Waals surface area contributed by atoms with Gasteiger partial charge in [-0.25, -0.2) is 4.79 Å². The fourth-order valence-corrected chi connectivity index (χ4v) is 5.97. The highest BCUT2D eigenvalue weighted by molar-refractivity contribution is 5.90. The largest absolute Gasteiger partial charge is 0.495 e. The van der Waals surface area contributed by atoms with E-state index in [0.717, 1.165) is 38.5 Å². The summed E-state index contributed by atoms with van der Waals surface area (Å²) in [5.74, 6) is 2.47. The number of carbonyl (C=O) groups excluding carboxylic acids is 1. The lowest BCUT2D eigenvalue weighted by Crippen LogP contribution is -2.43. The van der Waals surface area contributed by atoms with Crippen molar-refractivity contribution >= 4 is 11.7 Å². The summed E-state index contributed by atoms with van der Waals surface area (Å²) >= 11 is 0. The SMILES string of the molecule is COc1cc2c(cc1NC(N)=O)CCC1C2CC[C@@]2(C)C1CC[C@@H]2O. The monoisotopic (exact) mass is 344 g/mol. The lowest BCUT2D eigenvalue weighted by molar-refractivity contribution is -0.0226. The van der Waals surface area contributed by atoms with Gasteiger partial charge in [0.15, 0.2) is 0 Å². The van der Waals surface area contributed by atoms with Crippen molar-refractivity contribution in [3.8, 4) is 5.75 Å². The number of hydrogen-bond acceptors (Lipinski definition) is 3. The first kappa shape index (κ1) is 16.7. The number of benzene rings is 1. The summed E-state index contributed by atoms with van der Waals surface area (Å²) in [6, 6.07) is 3.57. The van der Waals surface area contributed by atoms with Gasteiger partial charge in [-0.15, -0.1) is 0 Å². The Kier molecular flexibility index (Phi) is 3.95. The molecular weight excluding hydrogens is 316 g/mol. The summed E-state index contributed by atoms with van der Waals surface area (Å²) in [4.78, 5) is 11.3. The number of anilines is 1. The molecule has 0 radical (unpaired) electrons. The highest BCUT2D eigenvalue weighted by Gasteiger charge is 2.54. The Balaban J connectivity index is 1.70. The molecule has 0 bridgehead atoms. The number of aliphatic hydroxyl groups is 1. The predicted octanol–water partition coefficient (Wildman–Crippen LogP) is 3.40. The van der Waals surface area contributed by atoms with E-state index in [1.165, 1.54) is 11.1 Å². The minimum atomic E-state index is -0.569. The zero-order valence-corrected chi connectivity index (χ0v) is 15.0. The Bertz CT molecular complexity index is 704. The van der Waals surface area contributed by atoms with Gasteiger partial charge in [0, 0.05) is 0 Å². The van der Waals surface area contributed by atoms with Crippen molar-refractivity contribution in [1.82, 2.24) is 0 Å². The molecule has 2 amide bonds. The van der Waals surface area contributed by atoms with E-state index < -0.39 is 6.03 Å². The lowest BCUT2D eigenvalue weighted by Gasteiger charge is -2.50. The number of aliphatic hydroxyl groups excluding tert-OH is 1. The van der Waals surface area contributed by atoms with Gasteiger partial charge in [0.25, 0.3) is 0 Å². The molecule has 4 rings (SSSR count). The van der Waals surface area contributed by atoms with Gasteiger partial charge >= 0.3 is 6.03 Å². The van der Waals surface area contributed by atoms with Crippen molar-refractivity contribution in [2.75, 3.05) is 12.4 Å². The fourth-order valence-electron chi connectivity index (χ4n) is 5.97. The van der Waals surface area contributed by atoms with Crippen LogP contribution < -0.4 is 15.8 Å². The maximum absolute atomic E-state index is 11.3. The average molecular weight is 344 g/mol. The van der Waals surface area contributed by atoms with Gasteiger partial charge in [0.2, 0.25) is 0 Å². The quantitative estimate of drug-likeness (QED) is 0.769. The molecule has 25 heavy (non-hydrogen) atoms. The number of primary amides is 1. The van der Waals surface area contributed by atoms with Crippen molar-refractivity contribution in [3.05, 3.63) is 23.3 Å². The highest BCUT2D eigenvalue weighted by atomic mass is 16.5. The Morgan fingerprint density at radius 2 is 2.12 bits per heavy atom. The topological polar surface area (TPSA) is 84.6 Å². The molecule has 5 atom stereocenters. The molecule has 0 spiro atoms. The van der Waals surface area contributed by atoms with E-state index in [9.17, 15) is 9.90 Å². The smallest absolute Gasteiger partial charge is 0.316 e. The van der Waals surface area contributed by atoms with Crippen LogP contribution in [0.15, 0.2) is 12.1 Å². The highest BCUT2D eigenvalue weighted by Crippen LogP contribution is 2.61. The van der Waals surface area contributed by atoms with Crippen molar-refractivity contribution < 1.29 is 14.6 Å². The number of nitrogens with two attached hydrogens (primary N) is 1. The first-order chi connectivity index (χ1) is 11.9. The molecule has 3 unspecified atom stereocenters. The second-order valence-electron chi connectivity index (χ2n) is 8.29. The number of urea groups is 1. The number of nitrogens with one attached hydrogen (secondary N) is 1. The maximum Gasteiger partial charge on any atom is 0.316 e. The van der Waals surface area contributed by atoms with Gasteiger partial charge in [0.1, 0.15) is 5.75 Å². The summed E-state index contributed by atoms with van der Waals surface area (Å²) in [7, 11) is 1.62. The van der Waals surface area contributed by atoms with Crippen LogP contribution in [0.2, 0.25) is 0 Å². The first-order valence-electron chi connectivity index (χ1n) is 9.39. The molecule has 0 aliphatic heterocycles. The first-order valence-corrected chi connectivity index (χ1v) is 9.39. The molecule has 0 saturated heterocycles. The number of aryl methyl sites for hydroxylation is 1. The molecule has 5 heteroatoms. The standard InChI is InChI=1S/C20H28N2O3/c1-20-8-7-12-13(15(20)5-6-18(20)23)4-3-11-9-16(22-19(21)24)17(25-2)10-14(11)12/h9-10,12-13,15,18,23H,3-8H2,1-2H3,(H3,21,22,24)/t12?,13?,15?,18-,20-/m0/s1. The van der Waals surface area contributed by atoms with Gasteiger partial charge in [0.05, 0.1) is 18.9 Å². The third kappa shape index (κ3) is 2.51. The summed E-state index contributed by atoms with van der Waals surface area (Å²) in [6.45, 7) is 2.29. The van der Waals surface area contributed by atoms with Crippen LogP contribution in [0.4, 0.5) is 10.5 Å². The molecule has 2 saturated carbocycles. The molecule has 4 N–H and O–H groups in total. The second kappa shape index (κ2) is 5.90. The molecule has 1 aromatic carbocycles. The zero-order valence-electron chi connectivity index (χ0n) is 15.0. The molecule has 0 heterocycles. The minimum Gasteiger partial charge on any atom is -0.495 e. The van der Waals surface area contributed by atoms with E-state index in [4.69, 9.17) is 10.5 Å². The van der Waals surface area contributed by atoms with Crippen LogP contribution in [0.25, 0.3) is 0 Å². The number of ether oxygens (including phenoxy) is 1. The molecule has 136 valence electrons. The molecule has 3 aliphatic carbocycles. The third-order valence-corrected chi connectivity index (χ3v) is 7.25. The Morgan fingerprint density at radius 1 is 1.32 bits per heavy atom. The molecule has 5 nitrogen and oxygen atoms in total. The molecular formula is C20H28N2O3. The van der Waals surface area contributed by atoms with Crippen LogP contribution in [0.5, 0.6) is 5.75 Å². The van der Waals surface area contributed by atoms with E-state index in [2.05, 4.69) is 18.3 Å². The Hall–Kier alpha value is -1.75. The average Bonchev–Trinajstić information content (AvgIpc) is 2.89. The molecule has 1 aromatic rings. The normalized spacial score (nSPS) is 36.1. The van der Waals surface area contributed by atoms with Gasteiger partial charge < -0.3 is 20.9 Å². The van der Waals surface area contributed by atoms with Crippen LogP contribution in [0.1, 0.15) is 56.1 Å². The molecule has 2 fully saturated rings. The van der Waals surface area contributed by atoms with Crippen LogP contribution >= 0.6 is 0 Å². The van der Waals surface area contributed by atoms with Crippen LogP contribution in [-0.2, 0) is 6.42 Å². The van der Waals surface area contributed by atoms with Gasteiger partial charge in [-0.05, 0) is 85.0 Å². The number of amides is 2. The zero-order chi connectivity index (χ0) is 17.8. The van der Waals surface area contributed by atoms with Crippen molar-refractivity contribution in [1.29, 1.82) is 0 Å². The number of hydrogen-bond donors (Lipinski definition) is 3. The van der Waals surface area contributed by atoms with Gasteiger partial charge in [-0.3, -0.25) is 0 Å². The Morgan fingerprint density at radius 3 is 2.84 bits per heavy atom. The van der Waals surface area contributed by atoms with Crippen LogP contribution in [0, 0.1) is 17.3 Å². The fraction of sp³-hybridized carbons (Fsp3) is 0.650. The number of rotatable bonds is 2. The van der Waals surface area contributed by atoms with E-state index in [-0.39, 0.29) is 11.5 Å². The van der Waals surface area contributed by atoms with E-state index in [1.54, 1.807) is 7.11 Å². The van der Waals surface area contributed by atoms with Crippen LogP contribution in [0.3, 0.4) is 0 Å². The maximum atomic E-state index is 11.3. The molecule has 3 aliphatic rings. The van der Waals surface area contributed by atoms with Crippen molar-refractivity contribution in [2.45, 2.75) is 57.5 Å². The van der Waals surface area contributed by atoms with Gasteiger partial charge in [-0.2, -0.15) is 0 Å². The molecule has 0 aromatic heterocycles. The lowest BCUT2D eigenvalue weighted by atomic mass is 9.55. The van der Waals surface area contributed by atoms with E-state index in [1.807, 2.05) is 6.07 Å². The van der Waals surface area contributed by atoms with E-state index in [0.29, 0.717) is 29.2 Å². The third-order valence-electron chi connectivity index (χ3n) is 7.25. The summed E-state index contributed by atoms with van der Waals surface area (Å²) in [5.41, 5.74) is 8.70. The summed E-state index contributed by atoms with van der Waals surface area (Å²) in [6.07, 6.45) is 6.32. The predicted molar refractivity (Wildman–Crippen MR) is 96.8 cm³/mol. The van der Waals surface area contributed by atoms with Gasteiger partial charge in [-0.1, -0.05) is 6.92 Å². The number of fused-ring (bicyclic) bond motifs is 5. The second-order valence-corrected chi connectivity index (χ2v) is 8.29. The van der Waals surface area contributed by atoms with Crippen molar-refractivity contribution in [3.63, 3.8) is 0 Å².